The zero-order chi connectivity index (χ0) is 17.5. The summed E-state index contributed by atoms with van der Waals surface area (Å²) in [6.07, 6.45) is 2.00. The van der Waals surface area contributed by atoms with Crippen molar-refractivity contribution in [1.29, 1.82) is 5.26 Å². The Morgan fingerprint density at radius 1 is 1.62 bits per heavy atom. The number of rotatable bonds is 5. The van der Waals surface area contributed by atoms with Gasteiger partial charge in [0.05, 0.1) is 24.7 Å². The quantitative estimate of drug-likeness (QED) is 0.886. The van der Waals surface area contributed by atoms with Crippen LogP contribution in [0.5, 0.6) is 0 Å². The highest BCUT2D eigenvalue weighted by molar-refractivity contribution is 5.73. The first-order chi connectivity index (χ1) is 11.5. The standard InChI is InChI=1S/C17H25N5O2/c1-13(8-18)11-21(3)17(23)20-10-15-4-5-16(19-9-15)22-6-7-24-14(2)12-22/h4-5,9,13-14H,6-7,10-12H2,1-3H3,(H,20,23)/t13-,14+/m1/s1. The Morgan fingerprint density at radius 3 is 3.04 bits per heavy atom. The lowest BCUT2D eigenvalue weighted by Gasteiger charge is -2.32. The van der Waals surface area contributed by atoms with E-state index in [1.54, 1.807) is 20.2 Å². The lowest BCUT2D eigenvalue weighted by atomic mass is 10.2. The van der Waals surface area contributed by atoms with E-state index < -0.39 is 0 Å². The lowest BCUT2D eigenvalue weighted by Crippen LogP contribution is -2.41. The van der Waals surface area contributed by atoms with Gasteiger partial charge in [-0.05, 0) is 25.5 Å². The van der Waals surface area contributed by atoms with Gasteiger partial charge >= 0.3 is 6.03 Å². The molecule has 1 N–H and O–H groups in total. The molecule has 1 saturated heterocycles. The van der Waals surface area contributed by atoms with Gasteiger partial charge in [0, 0.05) is 39.4 Å². The summed E-state index contributed by atoms with van der Waals surface area (Å²) in [6, 6.07) is 5.87. The smallest absolute Gasteiger partial charge is 0.317 e. The Hall–Kier alpha value is -2.33. The summed E-state index contributed by atoms with van der Waals surface area (Å²) in [6.45, 7) is 7.07. The molecule has 1 aromatic rings. The van der Waals surface area contributed by atoms with E-state index in [2.05, 4.69) is 28.2 Å². The van der Waals surface area contributed by atoms with E-state index in [0.29, 0.717) is 19.7 Å². The fourth-order valence-electron chi connectivity index (χ4n) is 2.58. The number of aromatic nitrogens is 1. The van der Waals surface area contributed by atoms with E-state index in [1.807, 2.05) is 12.1 Å². The van der Waals surface area contributed by atoms with Crippen molar-refractivity contribution >= 4 is 11.8 Å². The van der Waals surface area contributed by atoms with Gasteiger partial charge in [-0.15, -0.1) is 0 Å². The average Bonchev–Trinajstić information content (AvgIpc) is 2.59. The zero-order valence-corrected chi connectivity index (χ0v) is 14.5. The summed E-state index contributed by atoms with van der Waals surface area (Å²) < 4.78 is 5.53. The van der Waals surface area contributed by atoms with E-state index >= 15 is 0 Å². The second-order valence-corrected chi connectivity index (χ2v) is 6.22. The molecule has 1 aliphatic rings. The maximum Gasteiger partial charge on any atom is 0.317 e. The van der Waals surface area contributed by atoms with Gasteiger partial charge in [-0.25, -0.2) is 9.78 Å². The summed E-state index contributed by atoms with van der Waals surface area (Å²) in [5, 5.41) is 11.6. The highest BCUT2D eigenvalue weighted by Gasteiger charge is 2.17. The average molecular weight is 331 g/mol. The number of ether oxygens (including phenoxy) is 1. The molecule has 0 unspecified atom stereocenters. The number of nitriles is 1. The topological polar surface area (TPSA) is 81.5 Å². The normalized spacial score (nSPS) is 18.6. The molecular weight excluding hydrogens is 306 g/mol. The van der Waals surface area contributed by atoms with Crippen molar-refractivity contribution in [2.45, 2.75) is 26.5 Å². The van der Waals surface area contributed by atoms with Crippen LogP contribution in [0, 0.1) is 17.2 Å². The molecule has 24 heavy (non-hydrogen) atoms. The molecule has 2 amide bonds. The van der Waals surface area contributed by atoms with Crippen molar-refractivity contribution in [2.75, 3.05) is 38.2 Å². The molecular formula is C17H25N5O2. The first-order valence-electron chi connectivity index (χ1n) is 8.19. The van der Waals surface area contributed by atoms with Crippen LogP contribution in [0.3, 0.4) is 0 Å². The number of carbonyl (C=O) groups excluding carboxylic acids is 1. The molecule has 2 atom stereocenters. The summed E-state index contributed by atoms with van der Waals surface area (Å²) in [7, 11) is 1.68. The minimum atomic E-state index is -0.191. The number of pyridine rings is 1. The Balaban J connectivity index is 1.83. The van der Waals surface area contributed by atoms with Crippen molar-refractivity contribution in [1.82, 2.24) is 15.2 Å². The summed E-state index contributed by atoms with van der Waals surface area (Å²) in [5.41, 5.74) is 0.940. The Morgan fingerprint density at radius 2 is 2.42 bits per heavy atom. The van der Waals surface area contributed by atoms with Crippen LogP contribution < -0.4 is 10.2 Å². The number of nitrogens with zero attached hydrogens (tertiary/aromatic N) is 4. The highest BCUT2D eigenvalue weighted by Crippen LogP contribution is 2.15. The van der Waals surface area contributed by atoms with E-state index in [4.69, 9.17) is 10.00 Å². The van der Waals surface area contributed by atoms with Crippen LogP contribution in [0.4, 0.5) is 10.6 Å². The second-order valence-electron chi connectivity index (χ2n) is 6.22. The maximum atomic E-state index is 12.0. The lowest BCUT2D eigenvalue weighted by molar-refractivity contribution is 0.0529. The van der Waals surface area contributed by atoms with Crippen LogP contribution in [-0.2, 0) is 11.3 Å². The number of hydrogen-bond donors (Lipinski definition) is 1. The SMILES string of the molecule is C[C@H](C#N)CN(C)C(=O)NCc1ccc(N2CCO[C@@H](C)C2)nc1. The van der Waals surface area contributed by atoms with Gasteiger partial charge in [-0.3, -0.25) is 0 Å². The van der Waals surface area contributed by atoms with Gasteiger partial charge in [-0.2, -0.15) is 5.26 Å². The van der Waals surface area contributed by atoms with Crippen LogP contribution in [0.15, 0.2) is 18.3 Å². The summed E-state index contributed by atoms with van der Waals surface area (Å²) in [5.74, 6) is 0.748. The number of amides is 2. The molecule has 130 valence electrons. The molecule has 0 aliphatic carbocycles. The van der Waals surface area contributed by atoms with Crippen molar-refractivity contribution in [3.63, 3.8) is 0 Å². The highest BCUT2D eigenvalue weighted by atomic mass is 16.5. The molecule has 7 heteroatoms. The third-order valence-corrected chi connectivity index (χ3v) is 3.93. The van der Waals surface area contributed by atoms with Gasteiger partial charge < -0.3 is 19.9 Å². The van der Waals surface area contributed by atoms with Gasteiger partial charge in [0.25, 0.3) is 0 Å². The number of nitrogens with one attached hydrogen (secondary N) is 1. The fraction of sp³-hybridized carbons (Fsp3) is 0.588. The molecule has 0 bridgehead atoms. The maximum absolute atomic E-state index is 12.0. The molecule has 0 aromatic carbocycles. The number of anilines is 1. The van der Waals surface area contributed by atoms with E-state index in [0.717, 1.165) is 24.5 Å². The third-order valence-electron chi connectivity index (χ3n) is 3.93. The Bertz CT molecular complexity index is 584. The number of urea groups is 1. The van der Waals surface area contributed by atoms with Crippen molar-refractivity contribution in [2.24, 2.45) is 5.92 Å². The van der Waals surface area contributed by atoms with Crippen LogP contribution in [0.25, 0.3) is 0 Å². The van der Waals surface area contributed by atoms with Crippen molar-refractivity contribution < 1.29 is 9.53 Å². The zero-order valence-electron chi connectivity index (χ0n) is 14.5. The summed E-state index contributed by atoms with van der Waals surface area (Å²) in [4.78, 5) is 20.2. The first kappa shape index (κ1) is 18.0. The van der Waals surface area contributed by atoms with E-state index in [9.17, 15) is 4.79 Å². The predicted molar refractivity (Wildman–Crippen MR) is 91.5 cm³/mol. The molecule has 1 fully saturated rings. The van der Waals surface area contributed by atoms with Crippen molar-refractivity contribution in [3.05, 3.63) is 23.9 Å². The van der Waals surface area contributed by atoms with E-state index in [-0.39, 0.29) is 18.1 Å². The first-order valence-corrected chi connectivity index (χ1v) is 8.19. The van der Waals surface area contributed by atoms with Gasteiger partial charge in [0.15, 0.2) is 0 Å². The monoisotopic (exact) mass is 331 g/mol. The Kier molecular flexibility index (Phi) is 6.38. The number of carbonyl (C=O) groups is 1. The molecule has 0 spiro atoms. The number of morpholine rings is 1. The van der Waals surface area contributed by atoms with Gasteiger partial charge in [0.2, 0.25) is 0 Å². The second kappa shape index (κ2) is 8.50. The largest absolute Gasteiger partial charge is 0.375 e. The minimum Gasteiger partial charge on any atom is -0.375 e. The molecule has 0 saturated carbocycles. The Labute approximate surface area is 143 Å². The molecule has 7 nitrogen and oxygen atoms in total. The molecule has 2 rings (SSSR count). The summed E-state index contributed by atoms with van der Waals surface area (Å²) >= 11 is 0. The molecule has 2 heterocycles. The van der Waals surface area contributed by atoms with Crippen LogP contribution in [0.1, 0.15) is 19.4 Å². The van der Waals surface area contributed by atoms with E-state index in [1.165, 1.54) is 4.90 Å². The molecule has 0 radical (unpaired) electrons. The third kappa shape index (κ3) is 5.10. The van der Waals surface area contributed by atoms with Crippen molar-refractivity contribution in [3.8, 4) is 6.07 Å². The van der Waals surface area contributed by atoms with Crippen LogP contribution in [0.2, 0.25) is 0 Å². The molecule has 1 aromatic heterocycles. The van der Waals surface area contributed by atoms with Crippen LogP contribution >= 0.6 is 0 Å². The number of hydrogen-bond acceptors (Lipinski definition) is 5. The van der Waals surface area contributed by atoms with Gasteiger partial charge in [-0.1, -0.05) is 6.07 Å². The van der Waals surface area contributed by atoms with Crippen LogP contribution in [-0.4, -0.2) is 55.3 Å². The minimum absolute atomic E-state index is 0.183. The predicted octanol–water partition coefficient (Wildman–Crippen LogP) is 1.61. The molecule has 1 aliphatic heterocycles. The fourth-order valence-corrected chi connectivity index (χ4v) is 2.58. The van der Waals surface area contributed by atoms with Gasteiger partial charge in [0.1, 0.15) is 5.82 Å².